The third-order valence-corrected chi connectivity index (χ3v) is 7.44. The molecule has 0 fully saturated rings. The molecule has 2 aromatic carbocycles. The Bertz CT molecular complexity index is 1290. The Balaban J connectivity index is 1.71. The Morgan fingerprint density at radius 1 is 1.10 bits per heavy atom. The van der Waals surface area contributed by atoms with Crippen molar-refractivity contribution in [3.05, 3.63) is 65.5 Å². The fraction of sp³-hybridized carbons (Fsp3) is 0.143. The summed E-state index contributed by atoms with van der Waals surface area (Å²) in [5, 5.41) is 5.72. The first-order valence-corrected chi connectivity index (χ1v) is 11.3. The minimum absolute atomic E-state index is 0.109. The van der Waals surface area contributed by atoms with Crippen LogP contribution >= 0.6 is 11.3 Å². The van der Waals surface area contributed by atoms with E-state index in [-0.39, 0.29) is 10.8 Å². The summed E-state index contributed by atoms with van der Waals surface area (Å²) < 4.78 is 38.4. The second-order valence-electron chi connectivity index (χ2n) is 6.58. The average Bonchev–Trinajstić information content (AvgIpc) is 3.43. The number of nitrogens with zero attached hydrogens (tertiary/aromatic N) is 3. The predicted octanol–water partition coefficient (Wildman–Crippen LogP) is 4.61. The fourth-order valence-corrected chi connectivity index (χ4v) is 5.47. The zero-order valence-corrected chi connectivity index (χ0v) is 18.2. The summed E-state index contributed by atoms with van der Waals surface area (Å²) >= 11 is 1.23. The highest BCUT2D eigenvalue weighted by Crippen LogP contribution is 2.36. The van der Waals surface area contributed by atoms with Crippen molar-refractivity contribution in [3.8, 4) is 27.9 Å². The summed E-state index contributed by atoms with van der Waals surface area (Å²) in [6.45, 7) is 1.98. The largest absolute Gasteiger partial charge is 0.497 e. The highest BCUT2D eigenvalue weighted by atomic mass is 32.2. The predicted molar refractivity (Wildman–Crippen MR) is 116 cm³/mol. The summed E-state index contributed by atoms with van der Waals surface area (Å²) in [6, 6.07) is 16.1. The lowest BCUT2D eigenvalue weighted by atomic mass is 10.1. The van der Waals surface area contributed by atoms with Crippen LogP contribution in [0, 0.1) is 6.92 Å². The van der Waals surface area contributed by atoms with E-state index in [4.69, 9.17) is 9.26 Å². The minimum atomic E-state index is -3.85. The first-order chi connectivity index (χ1) is 14.4. The van der Waals surface area contributed by atoms with Crippen molar-refractivity contribution < 1.29 is 17.7 Å². The molecular formula is C21H19N3O4S2. The third kappa shape index (κ3) is 3.69. The van der Waals surface area contributed by atoms with Crippen molar-refractivity contribution >= 4 is 27.0 Å². The quantitative estimate of drug-likeness (QED) is 0.434. The molecule has 0 unspecified atom stereocenters. The van der Waals surface area contributed by atoms with Gasteiger partial charge in [0.25, 0.3) is 15.9 Å². The SMILES string of the molecule is COc1cccc(N(C)S(=O)(=O)c2ccsc2-c2nc(-c3cccc(C)c3)no2)c1. The van der Waals surface area contributed by atoms with Crippen LogP contribution in [0.5, 0.6) is 5.75 Å². The number of hydrogen-bond acceptors (Lipinski definition) is 7. The smallest absolute Gasteiger partial charge is 0.269 e. The monoisotopic (exact) mass is 441 g/mol. The lowest BCUT2D eigenvalue weighted by Crippen LogP contribution is -2.26. The van der Waals surface area contributed by atoms with Gasteiger partial charge in [0.1, 0.15) is 15.5 Å². The molecule has 4 aromatic rings. The van der Waals surface area contributed by atoms with Crippen molar-refractivity contribution in [3.63, 3.8) is 0 Å². The molecule has 0 radical (unpaired) electrons. The van der Waals surface area contributed by atoms with Crippen LogP contribution in [0.3, 0.4) is 0 Å². The lowest BCUT2D eigenvalue weighted by Gasteiger charge is -2.19. The molecule has 0 aliphatic heterocycles. The van der Waals surface area contributed by atoms with Crippen molar-refractivity contribution in [2.75, 3.05) is 18.5 Å². The zero-order valence-electron chi connectivity index (χ0n) is 16.6. The van der Waals surface area contributed by atoms with Gasteiger partial charge in [-0.15, -0.1) is 11.3 Å². The molecule has 9 heteroatoms. The molecule has 0 N–H and O–H groups in total. The van der Waals surface area contributed by atoms with Gasteiger partial charge in [0.2, 0.25) is 5.82 Å². The number of sulfonamides is 1. The third-order valence-electron chi connectivity index (χ3n) is 4.58. The van der Waals surface area contributed by atoms with Gasteiger partial charge in [-0.25, -0.2) is 8.42 Å². The van der Waals surface area contributed by atoms with Gasteiger partial charge in [0.15, 0.2) is 0 Å². The first-order valence-electron chi connectivity index (χ1n) is 9.02. The number of methoxy groups -OCH3 is 1. The van der Waals surface area contributed by atoms with Gasteiger partial charge in [-0.3, -0.25) is 4.31 Å². The normalized spacial score (nSPS) is 11.4. The molecule has 0 bridgehead atoms. The van der Waals surface area contributed by atoms with Crippen LogP contribution in [0.15, 0.2) is 69.4 Å². The fourth-order valence-electron chi connectivity index (χ4n) is 2.97. The Hall–Kier alpha value is -3.17. The number of aryl methyl sites for hydroxylation is 1. The van der Waals surface area contributed by atoms with Gasteiger partial charge in [-0.05, 0) is 36.6 Å². The van der Waals surface area contributed by atoms with Crippen LogP contribution in [-0.4, -0.2) is 32.7 Å². The maximum absolute atomic E-state index is 13.3. The molecule has 2 heterocycles. The standard InChI is InChI=1S/C21H19N3O4S2/c1-14-6-4-7-15(12-14)20-22-21(28-23-20)19-18(10-11-29-19)30(25,26)24(2)16-8-5-9-17(13-16)27-3/h4-13H,1-3H3. The number of thiophene rings is 1. The Morgan fingerprint density at radius 2 is 1.90 bits per heavy atom. The van der Waals surface area contributed by atoms with Gasteiger partial charge in [0.05, 0.1) is 12.8 Å². The maximum Gasteiger partial charge on any atom is 0.269 e. The summed E-state index contributed by atoms with van der Waals surface area (Å²) in [7, 11) is -0.823. The average molecular weight is 442 g/mol. The topological polar surface area (TPSA) is 85.5 Å². The molecule has 0 aliphatic rings. The van der Waals surface area contributed by atoms with Crippen molar-refractivity contribution in [2.45, 2.75) is 11.8 Å². The lowest BCUT2D eigenvalue weighted by molar-refractivity contribution is 0.415. The Morgan fingerprint density at radius 3 is 2.67 bits per heavy atom. The van der Waals surface area contributed by atoms with E-state index in [1.54, 1.807) is 35.7 Å². The molecule has 0 saturated heterocycles. The van der Waals surface area contributed by atoms with E-state index in [9.17, 15) is 8.42 Å². The summed E-state index contributed by atoms with van der Waals surface area (Å²) in [5.74, 6) is 1.14. The molecule has 0 aliphatic carbocycles. The molecular weight excluding hydrogens is 422 g/mol. The number of anilines is 1. The van der Waals surface area contributed by atoms with E-state index in [0.717, 1.165) is 11.1 Å². The molecule has 7 nitrogen and oxygen atoms in total. The van der Waals surface area contributed by atoms with E-state index >= 15 is 0 Å². The van der Waals surface area contributed by atoms with E-state index in [1.807, 2.05) is 31.2 Å². The molecule has 0 amide bonds. The molecule has 4 rings (SSSR count). The van der Waals surface area contributed by atoms with Crippen molar-refractivity contribution in [2.24, 2.45) is 0 Å². The molecule has 0 atom stereocenters. The molecule has 154 valence electrons. The van der Waals surface area contributed by atoms with Gasteiger partial charge in [0, 0.05) is 18.7 Å². The van der Waals surface area contributed by atoms with E-state index in [0.29, 0.717) is 22.1 Å². The van der Waals surface area contributed by atoms with Crippen LogP contribution < -0.4 is 9.04 Å². The van der Waals surface area contributed by atoms with Gasteiger partial charge in [-0.1, -0.05) is 35.0 Å². The Labute approximate surface area is 178 Å². The summed E-state index contributed by atoms with van der Waals surface area (Å²) in [6.07, 6.45) is 0. The van der Waals surface area contributed by atoms with E-state index in [1.165, 1.54) is 29.8 Å². The van der Waals surface area contributed by atoms with Crippen LogP contribution in [0.2, 0.25) is 0 Å². The molecule has 30 heavy (non-hydrogen) atoms. The first kappa shape index (κ1) is 20.1. The zero-order chi connectivity index (χ0) is 21.3. The van der Waals surface area contributed by atoms with Crippen molar-refractivity contribution in [1.82, 2.24) is 10.1 Å². The van der Waals surface area contributed by atoms with Gasteiger partial charge >= 0.3 is 0 Å². The highest BCUT2D eigenvalue weighted by Gasteiger charge is 2.29. The second kappa shape index (κ2) is 7.92. The number of benzene rings is 2. The number of hydrogen-bond donors (Lipinski definition) is 0. The minimum Gasteiger partial charge on any atom is -0.497 e. The maximum atomic E-state index is 13.3. The Kier molecular flexibility index (Phi) is 5.31. The molecule has 0 saturated carbocycles. The van der Waals surface area contributed by atoms with Crippen molar-refractivity contribution in [1.29, 1.82) is 0 Å². The second-order valence-corrected chi connectivity index (χ2v) is 9.43. The van der Waals surface area contributed by atoms with Gasteiger partial charge in [-0.2, -0.15) is 4.98 Å². The van der Waals surface area contributed by atoms with Crippen LogP contribution in [0.4, 0.5) is 5.69 Å². The van der Waals surface area contributed by atoms with E-state index in [2.05, 4.69) is 10.1 Å². The van der Waals surface area contributed by atoms with Gasteiger partial charge < -0.3 is 9.26 Å². The summed E-state index contributed by atoms with van der Waals surface area (Å²) in [4.78, 5) is 4.94. The number of rotatable bonds is 6. The number of aromatic nitrogens is 2. The van der Waals surface area contributed by atoms with E-state index < -0.39 is 10.0 Å². The molecule has 0 spiro atoms. The summed E-state index contributed by atoms with van der Waals surface area (Å²) in [5.41, 5.74) is 2.36. The van der Waals surface area contributed by atoms with Crippen LogP contribution in [0.25, 0.3) is 22.2 Å². The molecule has 2 aromatic heterocycles. The number of ether oxygens (including phenoxy) is 1. The van der Waals surface area contributed by atoms with Crippen LogP contribution in [0.1, 0.15) is 5.56 Å². The highest BCUT2D eigenvalue weighted by molar-refractivity contribution is 7.93. The van der Waals surface area contributed by atoms with Crippen LogP contribution in [-0.2, 0) is 10.0 Å².